The van der Waals surface area contributed by atoms with Gasteiger partial charge in [-0.1, -0.05) is 17.3 Å². The van der Waals surface area contributed by atoms with Gasteiger partial charge in [0.15, 0.2) is 5.82 Å². The molecule has 2 N–H and O–H groups in total. The normalized spacial score (nSPS) is 21.9. The van der Waals surface area contributed by atoms with Crippen LogP contribution in [0.3, 0.4) is 0 Å². The number of benzene rings is 1. The first-order valence-electron chi connectivity index (χ1n) is 8.80. The fourth-order valence-electron chi connectivity index (χ4n) is 3.68. The van der Waals surface area contributed by atoms with E-state index in [4.69, 9.17) is 4.74 Å². The number of aromatic amines is 1. The molecule has 2 aromatic rings. The molecule has 1 amide bonds. The number of amides is 1. The topological polar surface area (TPSA) is 92.8 Å². The van der Waals surface area contributed by atoms with Crippen LogP contribution >= 0.6 is 0 Å². The molecule has 2 fully saturated rings. The molecule has 1 aliphatic carbocycles. The quantitative estimate of drug-likeness (QED) is 0.867. The summed E-state index contributed by atoms with van der Waals surface area (Å²) in [7, 11) is 0. The van der Waals surface area contributed by atoms with Crippen LogP contribution in [0.25, 0.3) is 0 Å². The first-order chi connectivity index (χ1) is 12.0. The van der Waals surface area contributed by atoms with Crippen molar-refractivity contribution in [2.24, 2.45) is 0 Å². The van der Waals surface area contributed by atoms with Gasteiger partial charge in [0.25, 0.3) is 5.91 Å². The summed E-state index contributed by atoms with van der Waals surface area (Å²) in [5, 5.41) is 17.6. The smallest absolute Gasteiger partial charge is 0.251 e. The Kier molecular flexibility index (Phi) is 3.83. The van der Waals surface area contributed by atoms with Crippen LogP contribution in [0, 0.1) is 0 Å². The van der Waals surface area contributed by atoms with Crippen molar-refractivity contribution in [1.29, 1.82) is 0 Å². The molecule has 0 bridgehead atoms. The maximum absolute atomic E-state index is 12.8. The monoisotopic (exact) mass is 341 g/mol. The molecule has 25 heavy (non-hydrogen) atoms. The number of tetrazole rings is 1. The molecule has 0 spiro atoms. The van der Waals surface area contributed by atoms with E-state index in [0.29, 0.717) is 11.4 Å². The highest BCUT2D eigenvalue weighted by Crippen LogP contribution is 2.51. The molecule has 1 saturated heterocycles. The summed E-state index contributed by atoms with van der Waals surface area (Å²) in [5.74, 6) is 0.621. The second-order valence-electron chi connectivity index (χ2n) is 7.58. The summed E-state index contributed by atoms with van der Waals surface area (Å²) in [6.07, 6.45) is 4.03. The summed E-state index contributed by atoms with van der Waals surface area (Å²) >= 11 is 0. The molecule has 1 unspecified atom stereocenters. The van der Waals surface area contributed by atoms with E-state index in [9.17, 15) is 4.79 Å². The van der Waals surface area contributed by atoms with E-state index >= 15 is 0 Å². The zero-order chi connectivity index (χ0) is 17.5. The van der Waals surface area contributed by atoms with Gasteiger partial charge in [-0.2, -0.15) is 5.21 Å². The van der Waals surface area contributed by atoms with Crippen molar-refractivity contribution in [1.82, 2.24) is 25.9 Å². The summed E-state index contributed by atoms with van der Waals surface area (Å²) in [6, 6.07) is 7.75. The lowest BCUT2D eigenvalue weighted by molar-refractivity contribution is 0.0402. The Morgan fingerprint density at radius 1 is 1.40 bits per heavy atom. The maximum Gasteiger partial charge on any atom is 0.251 e. The predicted molar refractivity (Wildman–Crippen MR) is 91.2 cm³/mol. The third-order valence-electron chi connectivity index (χ3n) is 5.37. The zero-order valence-corrected chi connectivity index (χ0v) is 14.6. The predicted octanol–water partition coefficient (Wildman–Crippen LogP) is 1.97. The molecule has 1 aromatic heterocycles. The number of aromatic nitrogens is 4. The number of carbonyl (C=O) groups excluding carboxylic acids is 1. The summed E-state index contributed by atoms with van der Waals surface area (Å²) < 4.78 is 5.75. The zero-order valence-electron chi connectivity index (χ0n) is 14.6. The first kappa shape index (κ1) is 16.2. The molecule has 7 heteroatoms. The summed E-state index contributed by atoms with van der Waals surface area (Å²) in [4.78, 5) is 12.8. The molecule has 4 rings (SSSR count). The number of hydrogen-bond donors (Lipinski definition) is 2. The van der Waals surface area contributed by atoms with Crippen molar-refractivity contribution in [3.05, 3.63) is 41.2 Å². The lowest BCUT2D eigenvalue weighted by Crippen LogP contribution is -2.51. The van der Waals surface area contributed by atoms with Gasteiger partial charge >= 0.3 is 0 Å². The molecular weight excluding hydrogens is 318 g/mol. The first-order valence-corrected chi connectivity index (χ1v) is 8.80. The minimum Gasteiger partial charge on any atom is -0.376 e. The fourth-order valence-corrected chi connectivity index (χ4v) is 3.68. The molecule has 1 saturated carbocycles. The summed E-state index contributed by atoms with van der Waals surface area (Å²) in [6.45, 7) is 4.81. The van der Waals surface area contributed by atoms with Crippen LogP contribution in [-0.2, 0) is 10.2 Å². The number of hydrogen-bond acceptors (Lipinski definition) is 5. The van der Waals surface area contributed by atoms with Gasteiger partial charge in [-0.05, 0) is 57.2 Å². The lowest BCUT2D eigenvalue weighted by Gasteiger charge is -2.32. The second kappa shape index (κ2) is 5.91. The lowest BCUT2D eigenvalue weighted by atomic mass is 9.92. The average molecular weight is 341 g/mol. The van der Waals surface area contributed by atoms with Gasteiger partial charge in [0, 0.05) is 12.2 Å². The molecule has 132 valence electrons. The number of ether oxygens (including phenoxy) is 1. The third-order valence-corrected chi connectivity index (χ3v) is 5.37. The minimum absolute atomic E-state index is 0.0636. The Labute approximate surface area is 146 Å². The van der Waals surface area contributed by atoms with Crippen LogP contribution in [0.15, 0.2) is 24.3 Å². The maximum atomic E-state index is 12.8. The SMILES string of the molecule is CC(C)(NC(=O)c1cccc(C2(c3nn[nH]n3)CC2)c1)C1CCCO1. The van der Waals surface area contributed by atoms with E-state index in [2.05, 4.69) is 25.9 Å². The van der Waals surface area contributed by atoms with Crippen LogP contribution in [0.2, 0.25) is 0 Å². The molecule has 1 aliphatic heterocycles. The van der Waals surface area contributed by atoms with Crippen molar-refractivity contribution >= 4 is 5.91 Å². The van der Waals surface area contributed by atoms with Gasteiger partial charge in [0.2, 0.25) is 0 Å². The number of nitrogens with one attached hydrogen (secondary N) is 2. The number of carbonyl (C=O) groups is 1. The van der Waals surface area contributed by atoms with Crippen molar-refractivity contribution in [3.8, 4) is 0 Å². The Bertz CT molecular complexity index is 762. The van der Waals surface area contributed by atoms with E-state index in [0.717, 1.165) is 37.9 Å². The van der Waals surface area contributed by atoms with Crippen molar-refractivity contribution < 1.29 is 9.53 Å². The van der Waals surface area contributed by atoms with Crippen LogP contribution in [-0.4, -0.2) is 44.8 Å². The highest BCUT2D eigenvalue weighted by atomic mass is 16.5. The van der Waals surface area contributed by atoms with Crippen molar-refractivity contribution in [2.45, 2.75) is 56.6 Å². The van der Waals surface area contributed by atoms with E-state index in [1.807, 2.05) is 38.1 Å². The fraction of sp³-hybridized carbons (Fsp3) is 0.556. The molecule has 2 heterocycles. The van der Waals surface area contributed by atoms with Crippen LogP contribution in [0.5, 0.6) is 0 Å². The van der Waals surface area contributed by atoms with Crippen molar-refractivity contribution in [2.75, 3.05) is 6.61 Å². The Morgan fingerprint density at radius 2 is 2.24 bits per heavy atom. The van der Waals surface area contributed by atoms with E-state index in [-0.39, 0.29) is 17.4 Å². The van der Waals surface area contributed by atoms with Crippen LogP contribution in [0.1, 0.15) is 61.3 Å². The Balaban J connectivity index is 1.54. The number of nitrogens with zero attached hydrogens (tertiary/aromatic N) is 3. The van der Waals surface area contributed by atoms with Crippen LogP contribution in [0.4, 0.5) is 0 Å². The van der Waals surface area contributed by atoms with E-state index < -0.39 is 5.54 Å². The number of H-pyrrole nitrogens is 1. The van der Waals surface area contributed by atoms with Gasteiger partial charge in [0.1, 0.15) is 0 Å². The molecular formula is C18H23N5O2. The highest BCUT2D eigenvalue weighted by Gasteiger charge is 2.49. The van der Waals surface area contributed by atoms with E-state index in [1.165, 1.54) is 0 Å². The third kappa shape index (κ3) is 2.93. The van der Waals surface area contributed by atoms with Gasteiger partial charge in [-0.15, -0.1) is 10.2 Å². The van der Waals surface area contributed by atoms with E-state index in [1.54, 1.807) is 0 Å². The van der Waals surface area contributed by atoms with Crippen LogP contribution < -0.4 is 5.32 Å². The molecule has 0 radical (unpaired) electrons. The molecule has 1 aromatic carbocycles. The molecule has 2 aliphatic rings. The van der Waals surface area contributed by atoms with Gasteiger partial charge in [-0.25, -0.2) is 0 Å². The Morgan fingerprint density at radius 3 is 2.88 bits per heavy atom. The Hall–Kier alpha value is -2.28. The minimum atomic E-state index is -0.394. The standard InChI is InChI=1S/C18H23N5O2/c1-17(2,14-7-4-10-25-14)19-15(24)12-5-3-6-13(11-12)18(8-9-18)16-20-22-23-21-16/h3,5-6,11,14H,4,7-10H2,1-2H3,(H,19,24)(H,20,21,22,23). The molecule has 7 nitrogen and oxygen atoms in total. The number of rotatable bonds is 5. The van der Waals surface area contributed by atoms with Gasteiger partial charge < -0.3 is 10.1 Å². The molecule has 1 atom stereocenters. The average Bonchev–Trinajstić information content (AvgIpc) is 3.05. The highest BCUT2D eigenvalue weighted by molar-refractivity contribution is 5.95. The van der Waals surface area contributed by atoms with Gasteiger partial charge in [-0.3, -0.25) is 4.79 Å². The second-order valence-corrected chi connectivity index (χ2v) is 7.58. The summed E-state index contributed by atoms with van der Waals surface area (Å²) in [5.41, 5.74) is 1.12. The van der Waals surface area contributed by atoms with Gasteiger partial charge in [0.05, 0.1) is 17.1 Å². The van der Waals surface area contributed by atoms with Crippen molar-refractivity contribution in [3.63, 3.8) is 0 Å². The largest absolute Gasteiger partial charge is 0.376 e.